The second-order valence-electron chi connectivity index (χ2n) is 6.60. The molecule has 0 fully saturated rings. The number of methoxy groups -OCH3 is 1. The van der Waals surface area contributed by atoms with E-state index >= 15 is 0 Å². The summed E-state index contributed by atoms with van der Waals surface area (Å²) in [6.07, 6.45) is 1.63. The maximum Gasteiger partial charge on any atom is 0.278 e. The van der Waals surface area contributed by atoms with Crippen LogP contribution in [0, 0.1) is 0 Å². The van der Waals surface area contributed by atoms with Crippen LogP contribution in [0.25, 0.3) is 5.57 Å². The van der Waals surface area contributed by atoms with Crippen molar-refractivity contribution in [2.45, 2.75) is 6.54 Å². The summed E-state index contributed by atoms with van der Waals surface area (Å²) in [5.41, 5.74) is 2.21. The predicted molar refractivity (Wildman–Crippen MR) is 115 cm³/mol. The van der Waals surface area contributed by atoms with Crippen LogP contribution in [0.5, 0.6) is 5.75 Å². The molecule has 0 saturated heterocycles. The maximum absolute atomic E-state index is 13.3. The number of pyridine rings is 1. The largest absolute Gasteiger partial charge is 0.495 e. The summed E-state index contributed by atoms with van der Waals surface area (Å²) in [5, 5.41) is 3.56. The van der Waals surface area contributed by atoms with E-state index in [1.165, 1.54) is 12.0 Å². The van der Waals surface area contributed by atoms with E-state index in [-0.39, 0.29) is 18.1 Å². The number of rotatable bonds is 6. The van der Waals surface area contributed by atoms with Crippen LogP contribution in [0.1, 0.15) is 11.3 Å². The summed E-state index contributed by atoms with van der Waals surface area (Å²) in [6, 6.07) is 19.5. The van der Waals surface area contributed by atoms with E-state index in [1.807, 2.05) is 24.3 Å². The molecule has 0 saturated carbocycles. The van der Waals surface area contributed by atoms with Crippen molar-refractivity contribution in [2.75, 3.05) is 12.4 Å². The maximum atomic E-state index is 13.3. The summed E-state index contributed by atoms with van der Waals surface area (Å²) in [5.74, 6) is -0.324. The molecule has 150 valence electrons. The van der Waals surface area contributed by atoms with Crippen molar-refractivity contribution in [3.05, 3.63) is 94.9 Å². The van der Waals surface area contributed by atoms with Crippen molar-refractivity contribution in [3.8, 4) is 5.75 Å². The zero-order valence-corrected chi connectivity index (χ0v) is 16.9. The van der Waals surface area contributed by atoms with Crippen LogP contribution < -0.4 is 10.1 Å². The number of carbonyl (C=O) groups excluding carboxylic acids is 2. The van der Waals surface area contributed by atoms with Crippen LogP contribution in [0.4, 0.5) is 5.69 Å². The fourth-order valence-electron chi connectivity index (χ4n) is 3.27. The molecule has 0 atom stereocenters. The van der Waals surface area contributed by atoms with Gasteiger partial charge in [0.1, 0.15) is 11.4 Å². The highest BCUT2D eigenvalue weighted by molar-refractivity contribution is 6.36. The predicted octanol–water partition coefficient (Wildman–Crippen LogP) is 4.14. The number of amides is 2. The zero-order chi connectivity index (χ0) is 21.1. The number of halogens is 1. The summed E-state index contributed by atoms with van der Waals surface area (Å²) < 4.78 is 5.37. The Morgan fingerprint density at radius 2 is 1.77 bits per heavy atom. The molecule has 2 heterocycles. The number of nitrogens with zero attached hydrogens (tertiary/aromatic N) is 2. The molecule has 4 rings (SSSR count). The van der Waals surface area contributed by atoms with Gasteiger partial charge >= 0.3 is 0 Å². The number of imide groups is 1. The Bertz CT molecular complexity index is 1130. The molecule has 1 aliphatic heterocycles. The minimum Gasteiger partial charge on any atom is -0.495 e. The summed E-state index contributed by atoms with van der Waals surface area (Å²) in [4.78, 5) is 32.0. The molecule has 0 unspecified atom stereocenters. The van der Waals surface area contributed by atoms with Crippen LogP contribution in [0.15, 0.2) is 78.6 Å². The van der Waals surface area contributed by atoms with Crippen LogP contribution in [-0.4, -0.2) is 28.8 Å². The summed E-state index contributed by atoms with van der Waals surface area (Å²) >= 11 is 6.13. The van der Waals surface area contributed by atoms with Gasteiger partial charge in [0.15, 0.2) is 0 Å². The van der Waals surface area contributed by atoms with E-state index in [9.17, 15) is 9.59 Å². The van der Waals surface area contributed by atoms with Crippen molar-refractivity contribution in [1.82, 2.24) is 9.88 Å². The molecular weight excluding hydrogens is 402 g/mol. The quantitative estimate of drug-likeness (QED) is 0.608. The van der Waals surface area contributed by atoms with Gasteiger partial charge in [-0.3, -0.25) is 19.5 Å². The van der Waals surface area contributed by atoms with Gasteiger partial charge in [-0.25, -0.2) is 0 Å². The lowest BCUT2D eigenvalue weighted by molar-refractivity contribution is -0.137. The van der Waals surface area contributed by atoms with Crippen molar-refractivity contribution in [1.29, 1.82) is 0 Å². The van der Waals surface area contributed by atoms with Crippen LogP contribution >= 0.6 is 11.6 Å². The molecule has 0 radical (unpaired) electrons. The van der Waals surface area contributed by atoms with Crippen LogP contribution in [0.3, 0.4) is 0 Å². The average Bonchev–Trinajstić information content (AvgIpc) is 2.99. The normalized spacial score (nSPS) is 13.7. The molecule has 6 nitrogen and oxygen atoms in total. The topological polar surface area (TPSA) is 71.5 Å². The first kappa shape index (κ1) is 19.7. The number of nitrogens with one attached hydrogen (secondary N) is 1. The van der Waals surface area contributed by atoms with Crippen molar-refractivity contribution >= 4 is 34.7 Å². The Morgan fingerprint density at radius 1 is 1.00 bits per heavy atom. The van der Waals surface area contributed by atoms with Crippen molar-refractivity contribution in [2.24, 2.45) is 0 Å². The molecule has 0 bridgehead atoms. The van der Waals surface area contributed by atoms with E-state index in [2.05, 4.69) is 10.3 Å². The third kappa shape index (κ3) is 3.77. The molecule has 0 spiro atoms. The highest BCUT2D eigenvalue weighted by Gasteiger charge is 2.39. The second-order valence-corrected chi connectivity index (χ2v) is 7.04. The van der Waals surface area contributed by atoms with Gasteiger partial charge in [-0.2, -0.15) is 0 Å². The monoisotopic (exact) mass is 419 g/mol. The number of hydrogen-bond donors (Lipinski definition) is 1. The Morgan fingerprint density at radius 3 is 2.47 bits per heavy atom. The van der Waals surface area contributed by atoms with Gasteiger partial charge in [0.25, 0.3) is 11.8 Å². The summed E-state index contributed by atoms with van der Waals surface area (Å²) in [7, 11) is 1.52. The first-order valence-electron chi connectivity index (χ1n) is 9.25. The number of ether oxygens (including phenoxy) is 1. The van der Waals surface area contributed by atoms with E-state index < -0.39 is 5.91 Å². The minimum atomic E-state index is -0.438. The highest BCUT2D eigenvalue weighted by atomic mass is 35.5. The third-order valence-electron chi connectivity index (χ3n) is 4.70. The number of carbonyl (C=O) groups is 2. The van der Waals surface area contributed by atoms with Gasteiger partial charge < -0.3 is 10.1 Å². The van der Waals surface area contributed by atoms with Gasteiger partial charge in [0, 0.05) is 11.2 Å². The number of hydrogen-bond acceptors (Lipinski definition) is 5. The molecule has 1 aliphatic rings. The molecule has 2 amide bonds. The van der Waals surface area contributed by atoms with E-state index in [4.69, 9.17) is 16.3 Å². The molecule has 0 aliphatic carbocycles. The Hall–Kier alpha value is -3.64. The Kier molecular flexibility index (Phi) is 5.50. The molecule has 1 N–H and O–H groups in total. The lowest BCUT2D eigenvalue weighted by atomic mass is 10.0. The first-order chi connectivity index (χ1) is 14.6. The van der Waals surface area contributed by atoms with E-state index in [0.717, 1.165) is 0 Å². The molecule has 2 aromatic carbocycles. The minimum absolute atomic E-state index is 0.0761. The molecule has 3 aromatic rings. The van der Waals surface area contributed by atoms with Gasteiger partial charge in [-0.1, -0.05) is 48.0 Å². The average molecular weight is 420 g/mol. The highest BCUT2D eigenvalue weighted by Crippen LogP contribution is 2.35. The van der Waals surface area contributed by atoms with E-state index in [1.54, 1.807) is 48.7 Å². The van der Waals surface area contributed by atoms with Crippen LogP contribution in [0.2, 0.25) is 5.02 Å². The van der Waals surface area contributed by atoms with Crippen molar-refractivity contribution in [3.63, 3.8) is 0 Å². The number of aromatic nitrogens is 1. The smallest absolute Gasteiger partial charge is 0.278 e. The Labute approximate surface area is 178 Å². The number of benzene rings is 2. The second kappa shape index (κ2) is 8.39. The Balaban J connectivity index is 1.77. The summed E-state index contributed by atoms with van der Waals surface area (Å²) in [6.45, 7) is 0.0761. The van der Waals surface area contributed by atoms with Gasteiger partial charge in [-0.15, -0.1) is 0 Å². The van der Waals surface area contributed by atoms with E-state index in [0.29, 0.717) is 33.3 Å². The molecular formula is C23H18ClN3O3. The first-order valence-corrected chi connectivity index (χ1v) is 9.62. The lowest BCUT2D eigenvalue weighted by Crippen LogP contribution is -2.32. The fourth-order valence-corrected chi connectivity index (χ4v) is 3.45. The van der Waals surface area contributed by atoms with Gasteiger partial charge in [0.2, 0.25) is 0 Å². The lowest BCUT2D eigenvalue weighted by Gasteiger charge is -2.15. The third-order valence-corrected chi connectivity index (χ3v) is 4.93. The standard InChI is InChI=1S/C23H18ClN3O3/c1-30-19-11-10-16(24)13-18(19)26-21-20(15-7-3-2-4-8-15)22(28)27(23(21)29)14-17-9-5-6-12-25-17/h2-13,26H,14H2,1H3. The van der Waals surface area contributed by atoms with Crippen molar-refractivity contribution < 1.29 is 14.3 Å². The molecule has 30 heavy (non-hydrogen) atoms. The molecule has 1 aromatic heterocycles. The molecule has 7 heteroatoms. The zero-order valence-electron chi connectivity index (χ0n) is 16.1. The van der Waals surface area contributed by atoms with Gasteiger partial charge in [-0.05, 0) is 35.9 Å². The fraction of sp³-hybridized carbons (Fsp3) is 0.0870. The van der Waals surface area contributed by atoms with Crippen LogP contribution in [-0.2, 0) is 16.1 Å². The van der Waals surface area contributed by atoms with Gasteiger partial charge in [0.05, 0.1) is 30.6 Å². The number of anilines is 1. The SMILES string of the molecule is COc1ccc(Cl)cc1NC1=C(c2ccccc2)C(=O)N(Cc2ccccn2)C1=O.